The van der Waals surface area contributed by atoms with Crippen molar-refractivity contribution in [3.63, 3.8) is 0 Å². The number of aryl methyl sites for hydroxylation is 2. The zero-order chi connectivity index (χ0) is 22.1. The Morgan fingerprint density at radius 1 is 1.12 bits per heavy atom. The molecule has 0 spiro atoms. The molecule has 1 aliphatic heterocycles. The standard InChI is InChI=1S/C24H25FN6O/c1-16-14-30(15-26-16)21-11-10-19(13-22(21)32-2)27-24-28-23-20(5-3-4-12-31(23)29-24)17-6-8-18(25)9-7-17/h6-11,13-15,20H,3-5,12H2,1-2H3,(H,27,29). The van der Waals surface area contributed by atoms with E-state index in [9.17, 15) is 4.39 Å². The second-order valence-electron chi connectivity index (χ2n) is 8.05. The molecular formula is C24H25FN6O. The maximum absolute atomic E-state index is 13.4. The van der Waals surface area contributed by atoms with Gasteiger partial charge in [-0.25, -0.2) is 14.1 Å². The Kier molecular flexibility index (Phi) is 5.34. The number of imidazole rings is 1. The summed E-state index contributed by atoms with van der Waals surface area (Å²) in [6.45, 7) is 2.77. The van der Waals surface area contributed by atoms with Crippen molar-refractivity contribution in [2.75, 3.05) is 12.4 Å². The molecule has 164 valence electrons. The van der Waals surface area contributed by atoms with Gasteiger partial charge in [0.2, 0.25) is 5.95 Å². The van der Waals surface area contributed by atoms with Crippen LogP contribution in [0.25, 0.3) is 5.69 Å². The van der Waals surface area contributed by atoms with Crippen LogP contribution >= 0.6 is 0 Å². The summed E-state index contributed by atoms with van der Waals surface area (Å²) in [5.41, 5.74) is 3.74. The number of ether oxygens (including phenoxy) is 1. The van der Waals surface area contributed by atoms with Gasteiger partial charge in [0.15, 0.2) is 0 Å². The zero-order valence-electron chi connectivity index (χ0n) is 18.1. The Morgan fingerprint density at radius 2 is 1.97 bits per heavy atom. The molecule has 2 aromatic heterocycles. The van der Waals surface area contributed by atoms with Crippen LogP contribution in [-0.4, -0.2) is 31.4 Å². The Hall–Kier alpha value is -3.68. The smallest absolute Gasteiger partial charge is 0.246 e. The van der Waals surface area contributed by atoms with Crippen molar-refractivity contribution in [3.8, 4) is 11.4 Å². The Labute approximate surface area is 185 Å². The Balaban J connectivity index is 1.43. The fourth-order valence-electron chi connectivity index (χ4n) is 4.23. The molecule has 2 aromatic carbocycles. The predicted molar refractivity (Wildman–Crippen MR) is 120 cm³/mol. The van der Waals surface area contributed by atoms with Crippen LogP contribution < -0.4 is 10.1 Å². The first-order valence-electron chi connectivity index (χ1n) is 10.8. The first kappa shape index (κ1) is 20.2. The third-order valence-electron chi connectivity index (χ3n) is 5.82. The molecule has 0 radical (unpaired) electrons. The van der Waals surface area contributed by atoms with E-state index in [4.69, 9.17) is 14.8 Å². The molecule has 1 unspecified atom stereocenters. The van der Waals surface area contributed by atoms with Crippen LogP contribution in [0.15, 0.2) is 55.0 Å². The van der Waals surface area contributed by atoms with E-state index in [1.807, 2.05) is 52.7 Å². The molecule has 0 saturated heterocycles. The van der Waals surface area contributed by atoms with Gasteiger partial charge in [-0.15, -0.1) is 5.10 Å². The lowest BCUT2D eigenvalue weighted by atomic mass is 9.93. The normalized spacial score (nSPS) is 15.8. The summed E-state index contributed by atoms with van der Waals surface area (Å²) in [7, 11) is 1.65. The maximum Gasteiger partial charge on any atom is 0.246 e. The topological polar surface area (TPSA) is 69.8 Å². The van der Waals surface area contributed by atoms with Crippen LogP contribution in [0.4, 0.5) is 16.0 Å². The number of hydrogen-bond acceptors (Lipinski definition) is 5. The molecule has 32 heavy (non-hydrogen) atoms. The molecule has 0 aliphatic carbocycles. The number of methoxy groups -OCH3 is 1. The molecule has 1 aliphatic rings. The molecule has 8 heteroatoms. The van der Waals surface area contributed by atoms with Gasteiger partial charge in [0, 0.05) is 30.4 Å². The van der Waals surface area contributed by atoms with E-state index >= 15 is 0 Å². The molecule has 0 bridgehead atoms. The average Bonchev–Trinajstić information content (AvgIpc) is 3.35. The number of anilines is 2. The van der Waals surface area contributed by atoms with E-state index < -0.39 is 0 Å². The molecule has 0 saturated carbocycles. The molecule has 1 atom stereocenters. The number of halogens is 1. The molecule has 3 heterocycles. The van der Waals surface area contributed by atoms with E-state index in [2.05, 4.69) is 10.3 Å². The minimum Gasteiger partial charge on any atom is -0.494 e. The van der Waals surface area contributed by atoms with Crippen LogP contribution in [0, 0.1) is 12.7 Å². The molecular weight excluding hydrogens is 407 g/mol. The number of benzene rings is 2. The van der Waals surface area contributed by atoms with Gasteiger partial charge in [0.05, 0.1) is 24.8 Å². The minimum atomic E-state index is -0.227. The van der Waals surface area contributed by atoms with Crippen molar-refractivity contribution in [1.82, 2.24) is 24.3 Å². The zero-order valence-corrected chi connectivity index (χ0v) is 18.1. The fourth-order valence-corrected chi connectivity index (χ4v) is 4.23. The van der Waals surface area contributed by atoms with Crippen molar-refractivity contribution in [2.45, 2.75) is 38.6 Å². The van der Waals surface area contributed by atoms with E-state index in [-0.39, 0.29) is 11.7 Å². The van der Waals surface area contributed by atoms with E-state index in [1.165, 1.54) is 12.1 Å². The molecule has 7 nitrogen and oxygen atoms in total. The Bertz CT molecular complexity index is 1230. The summed E-state index contributed by atoms with van der Waals surface area (Å²) in [4.78, 5) is 9.11. The third-order valence-corrected chi connectivity index (χ3v) is 5.82. The molecule has 5 rings (SSSR count). The highest BCUT2D eigenvalue weighted by molar-refractivity contribution is 5.62. The van der Waals surface area contributed by atoms with E-state index in [0.717, 1.165) is 60.0 Å². The number of nitrogens with one attached hydrogen (secondary N) is 1. The lowest BCUT2D eigenvalue weighted by Gasteiger charge is -2.14. The van der Waals surface area contributed by atoms with Gasteiger partial charge < -0.3 is 14.6 Å². The summed E-state index contributed by atoms with van der Waals surface area (Å²) in [5.74, 6) is 2.05. The summed E-state index contributed by atoms with van der Waals surface area (Å²) in [6, 6.07) is 12.6. The van der Waals surface area contributed by atoms with Gasteiger partial charge in [0.25, 0.3) is 0 Å². The predicted octanol–water partition coefficient (Wildman–Crippen LogP) is 4.98. The highest BCUT2D eigenvalue weighted by Crippen LogP contribution is 2.33. The van der Waals surface area contributed by atoms with Gasteiger partial charge in [0.1, 0.15) is 17.4 Å². The molecule has 0 fully saturated rings. The van der Waals surface area contributed by atoms with Crippen molar-refractivity contribution in [1.29, 1.82) is 0 Å². The second-order valence-corrected chi connectivity index (χ2v) is 8.05. The second kappa shape index (κ2) is 8.45. The van der Waals surface area contributed by atoms with Crippen LogP contribution in [0.2, 0.25) is 0 Å². The number of hydrogen-bond donors (Lipinski definition) is 1. The molecule has 1 N–H and O–H groups in total. The van der Waals surface area contributed by atoms with Gasteiger partial charge in [-0.2, -0.15) is 4.98 Å². The van der Waals surface area contributed by atoms with Crippen LogP contribution in [0.3, 0.4) is 0 Å². The van der Waals surface area contributed by atoms with E-state index in [0.29, 0.717) is 5.95 Å². The highest BCUT2D eigenvalue weighted by Gasteiger charge is 2.24. The monoisotopic (exact) mass is 432 g/mol. The number of fused-ring (bicyclic) bond motifs is 1. The quantitative estimate of drug-likeness (QED) is 0.482. The van der Waals surface area contributed by atoms with Gasteiger partial charge in [-0.3, -0.25) is 0 Å². The number of nitrogens with zero attached hydrogens (tertiary/aromatic N) is 5. The van der Waals surface area contributed by atoms with Crippen LogP contribution in [-0.2, 0) is 6.54 Å². The largest absolute Gasteiger partial charge is 0.494 e. The molecule has 4 aromatic rings. The molecule has 0 amide bonds. The Morgan fingerprint density at radius 3 is 2.72 bits per heavy atom. The lowest BCUT2D eigenvalue weighted by Crippen LogP contribution is -2.08. The number of rotatable bonds is 5. The first-order valence-corrected chi connectivity index (χ1v) is 10.8. The van der Waals surface area contributed by atoms with Crippen LogP contribution in [0.1, 0.15) is 42.3 Å². The fraction of sp³-hybridized carbons (Fsp3) is 0.292. The SMILES string of the molecule is COc1cc(Nc2nc3n(n2)CCCCC3c2ccc(F)cc2)ccc1-n1cnc(C)c1. The third kappa shape index (κ3) is 3.95. The van der Waals surface area contributed by atoms with Gasteiger partial charge in [-0.05, 0) is 49.6 Å². The summed E-state index contributed by atoms with van der Waals surface area (Å²) in [6.07, 6.45) is 6.82. The van der Waals surface area contributed by atoms with Gasteiger partial charge >= 0.3 is 0 Å². The summed E-state index contributed by atoms with van der Waals surface area (Å²) < 4.78 is 22.9. The maximum atomic E-state index is 13.4. The summed E-state index contributed by atoms with van der Waals surface area (Å²) >= 11 is 0. The lowest BCUT2D eigenvalue weighted by molar-refractivity contribution is 0.413. The summed E-state index contributed by atoms with van der Waals surface area (Å²) in [5, 5.41) is 8.02. The van der Waals surface area contributed by atoms with Crippen LogP contribution in [0.5, 0.6) is 5.75 Å². The van der Waals surface area contributed by atoms with Crippen molar-refractivity contribution in [2.24, 2.45) is 0 Å². The minimum absolute atomic E-state index is 0.0996. The van der Waals surface area contributed by atoms with E-state index in [1.54, 1.807) is 13.4 Å². The van der Waals surface area contributed by atoms with Crippen molar-refractivity contribution >= 4 is 11.6 Å². The first-order chi connectivity index (χ1) is 15.6. The highest BCUT2D eigenvalue weighted by atomic mass is 19.1. The number of aromatic nitrogens is 5. The van der Waals surface area contributed by atoms with Crippen molar-refractivity contribution in [3.05, 3.63) is 77.9 Å². The average molecular weight is 433 g/mol. The van der Waals surface area contributed by atoms with Crippen molar-refractivity contribution < 1.29 is 9.13 Å². The van der Waals surface area contributed by atoms with Gasteiger partial charge in [-0.1, -0.05) is 18.6 Å².